The van der Waals surface area contributed by atoms with Crippen LogP contribution in [0.4, 0.5) is 5.95 Å². The highest BCUT2D eigenvalue weighted by atomic mass is 35.5. The fourth-order valence-electron chi connectivity index (χ4n) is 1.56. The van der Waals surface area contributed by atoms with Gasteiger partial charge in [-0.05, 0) is 20.3 Å². The molecule has 0 bridgehead atoms. The first-order valence-corrected chi connectivity index (χ1v) is 6.28. The Morgan fingerprint density at radius 2 is 2.11 bits per heavy atom. The Labute approximate surface area is 111 Å². The third-order valence-corrected chi connectivity index (χ3v) is 3.01. The molecule has 18 heavy (non-hydrogen) atoms. The van der Waals surface area contributed by atoms with E-state index in [1.165, 1.54) is 0 Å². The lowest BCUT2D eigenvalue weighted by molar-refractivity contribution is 0.912. The van der Waals surface area contributed by atoms with E-state index in [0.717, 1.165) is 24.4 Å². The predicted molar refractivity (Wildman–Crippen MR) is 72.4 cm³/mol. The van der Waals surface area contributed by atoms with Gasteiger partial charge >= 0.3 is 0 Å². The minimum atomic E-state index is 0.512. The first kappa shape index (κ1) is 12.8. The Balaban J connectivity index is 2.40. The largest absolute Gasteiger partial charge is 0.354 e. The summed E-state index contributed by atoms with van der Waals surface area (Å²) in [6.45, 7) is 6.87. The van der Waals surface area contributed by atoms with E-state index in [1.54, 1.807) is 12.5 Å². The van der Waals surface area contributed by atoms with Crippen molar-refractivity contribution in [2.24, 2.45) is 0 Å². The van der Waals surface area contributed by atoms with E-state index in [9.17, 15) is 0 Å². The van der Waals surface area contributed by atoms with Gasteiger partial charge in [0.1, 0.15) is 11.3 Å². The summed E-state index contributed by atoms with van der Waals surface area (Å²) in [5.74, 6) is 1.24. The molecule has 0 aliphatic heterocycles. The Morgan fingerprint density at radius 1 is 1.33 bits per heavy atom. The van der Waals surface area contributed by atoms with Gasteiger partial charge in [0.15, 0.2) is 5.82 Å². The van der Waals surface area contributed by atoms with Gasteiger partial charge in [-0.1, -0.05) is 18.5 Å². The number of imidazole rings is 1. The highest BCUT2D eigenvalue weighted by molar-refractivity contribution is 6.32. The van der Waals surface area contributed by atoms with Crippen LogP contribution in [0.15, 0.2) is 12.5 Å². The molecular weight excluding hydrogens is 250 g/mol. The molecule has 0 radical (unpaired) electrons. The monoisotopic (exact) mass is 265 g/mol. The molecule has 1 N–H and O–H groups in total. The van der Waals surface area contributed by atoms with E-state index < -0.39 is 0 Å². The van der Waals surface area contributed by atoms with Crippen molar-refractivity contribution >= 4 is 17.5 Å². The second-order valence-corrected chi connectivity index (χ2v) is 4.48. The van der Waals surface area contributed by atoms with Gasteiger partial charge in [0, 0.05) is 12.2 Å². The second-order valence-electron chi connectivity index (χ2n) is 4.08. The summed E-state index contributed by atoms with van der Waals surface area (Å²) in [7, 11) is 0. The molecule has 2 aromatic heterocycles. The number of nitrogens with zero attached hydrogens (tertiary/aromatic N) is 4. The topological polar surface area (TPSA) is 55.6 Å². The normalized spacial score (nSPS) is 10.7. The molecule has 0 aliphatic rings. The van der Waals surface area contributed by atoms with Crippen LogP contribution in [0.5, 0.6) is 0 Å². The van der Waals surface area contributed by atoms with E-state index in [0.29, 0.717) is 16.8 Å². The lowest BCUT2D eigenvalue weighted by Gasteiger charge is -2.09. The number of hydrogen-bond acceptors (Lipinski definition) is 4. The van der Waals surface area contributed by atoms with Gasteiger partial charge in [-0.3, -0.25) is 4.57 Å². The SMILES string of the molecule is CCCNc1ncc(Cl)c(-n2cnc(C)c2C)n1. The Morgan fingerprint density at radius 3 is 2.72 bits per heavy atom. The van der Waals surface area contributed by atoms with Crippen molar-refractivity contribution in [2.75, 3.05) is 11.9 Å². The molecule has 2 aromatic rings. The number of hydrogen-bond donors (Lipinski definition) is 1. The maximum Gasteiger partial charge on any atom is 0.224 e. The van der Waals surface area contributed by atoms with Gasteiger partial charge in [0.05, 0.1) is 11.9 Å². The molecule has 0 amide bonds. The van der Waals surface area contributed by atoms with Crippen LogP contribution in [-0.2, 0) is 0 Å². The molecule has 2 heterocycles. The summed E-state index contributed by atoms with van der Waals surface area (Å²) in [5.41, 5.74) is 1.99. The van der Waals surface area contributed by atoms with Crippen LogP contribution < -0.4 is 5.32 Å². The van der Waals surface area contributed by atoms with Crippen LogP contribution in [0.25, 0.3) is 5.82 Å². The zero-order chi connectivity index (χ0) is 13.1. The standard InChI is InChI=1S/C12H16ClN5/c1-4-5-14-12-15-6-10(13)11(17-12)18-7-16-8(2)9(18)3/h6-7H,4-5H2,1-3H3,(H,14,15,17). The van der Waals surface area contributed by atoms with E-state index in [1.807, 2.05) is 18.4 Å². The Bertz CT molecular complexity index is 549. The lowest BCUT2D eigenvalue weighted by atomic mass is 10.4. The number of rotatable bonds is 4. The highest BCUT2D eigenvalue weighted by Gasteiger charge is 2.11. The van der Waals surface area contributed by atoms with Crippen LogP contribution in [0.3, 0.4) is 0 Å². The van der Waals surface area contributed by atoms with Gasteiger partial charge < -0.3 is 5.32 Å². The van der Waals surface area contributed by atoms with Crippen molar-refractivity contribution in [1.29, 1.82) is 0 Å². The zero-order valence-corrected chi connectivity index (χ0v) is 11.5. The van der Waals surface area contributed by atoms with E-state index >= 15 is 0 Å². The first-order valence-electron chi connectivity index (χ1n) is 5.90. The van der Waals surface area contributed by atoms with E-state index in [-0.39, 0.29) is 0 Å². The molecule has 0 spiro atoms. The summed E-state index contributed by atoms with van der Waals surface area (Å²) in [6, 6.07) is 0. The van der Waals surface area contributed by atoms with Crippen molar-refractivity contribution in [3.8, 4) is 5.82 Å². The maximum atomic E-state index is 6.14. The van der Waals surface area contributed by atoms with Gasteiger partial charge in [-0.25, -0.2) is 9.97 Å². The third kappa shape index (κ3) is 2.46. The molecule has 0 fully saturated rings. The van der Waals surface area contributed by atoms with Crippen molar-refractivity contribution in [3.63, 3.8) is 0 Å². The van der Waals surface area contributed by atoms with Gasteiger partial charge in [-0.2, -0.15) is 4.98 Å². The summed E-state index contributed by atoms with van der Waals surface area (Å²) in [4.78, 5) is 12.8. The molecule has 6 heteroatoms. The van der Waals surface area contributed by atoms with Crippen molar-refractivity contribution in [3.05, 3.63) is 28.9 Å². The minimum Gasteiger partial charge on any atom is -0.354 e. The predicted octanol–water partition coefficient (Wildman–Crippen LogP) is 2.75. The van der Waals surface area contributed by atoms with Gasteiger partial charge in [0.2, 0.25) is 5.95 Å². The van der Waals surface area contributed by atoms with Gasteiger partial charge in [0.25, 0.3) is 0 Å². The Kier molecular flexibility index (Phi) is 3.81. The fourth-order valence-corrected chi connectivity index (χ4v) is 1.74. The van der Waals surface area contributed by atoms with Crippen molar-refractivity contribution in [1.82, 2.24) is 19.5 Å². The summed E-state index contributed by atoms with van der Waals surface area (Å²) >= 11 is 6.14. The van der Waals surface area contributed by atoms with Gasteiger partial charge in [-0.15, -0.1) is 0 Å². The van der Waals surface area contributed by atoms with Crippen LogP contribution in [0.2, 0.25) is 5.02 Å². The average Bonchev–Trinajstić information content (AvgIpc) is 2.69. The molecule has 96 valence electrons. The number of aryl methyl sites for hydroxylation is 1. The first-order chi connectivity index (χ1) is 8.63. The number of anilines is 1. The zero-order valence-electron chi connectivity index (χ0n) is 10.7. The molecule has 5 nitrogen and oxygen atoms in total. The van der Waals surface area contributed by atoms with Crippen molar-refractivity contribution in [2.45, 2.75) is 27.2 Å². The van der Waals surface area contributed by atoms with Crippen molar-refractivity contribution < 1.29 is 0 Å². The minimum absolute atomic E-state index is 0.512. The third-order valence-electron chi connectivity index (χ3n) is 2.74. The number of halogens is 1. The number of nitrogens with one attached hydrogen (secondary N) is 1. The molecule has 0 aliphatic carbocycles. The quantitative estimate of drug-likeness (QED) is 0.924. The molecule has 0 saturated heterocycles. The fraction of sp³-hybridized carbons (Fsp3) is 0.417. The average molecular weight is 266 g/mol. The summed E-state index contributed by atoms with van der Waals surface area (Å²) in [6.07, 6.45) is 4.35. The molecule has 0 saturated carbocycles. The van der Waals surface area contributed by atoms with Crippen LogP contribution in [-0.4, -0.2) is 26.1 Å². The molecular formula is C12H16ClN5. The van der Waals surface area contributed by atoms with Crippen LogP contribution >= 0.6 is 11.6 Å². The second kappa shape index (κ2) is 5.35. The molecule has 0 unspecified atom stereocenters. The van der Waals surface area contributed by atoms with Crippen LogP contribution in [0.1, 0.15) is 24.7 Å². The lowest BCUT2D eigenvalue weighted by Crippen LogP contribution is -2.08. The summed E-state index contributed by atoms with van der Waals surface area (Å²) in [5, 5.41) is 3.65. The molecule has 0 atom stereocenters. The molecule has 0 aromatic carbocycles. The highest BCUT2D eigenvalue weighted by Crippen LogP contribution is 2.21. The van der Waals surface area contributed by atoms with Crippen LogP contribution in [0, 0.1) is 13.8 Å². The smallest absolute Gasteiger partial charge is 0.224 e. The maximum absolute atomic E-state index is 6.14. The summed E-state index contributed by atoms with van der Waals surface area (Å²) < 4.78 is 1.87. The van der Waals surface area contributed by atoms with E-state index in [4.69, 9.17) is 11.6 Å². The molecule has 2 rings (SSSR count). The Hall–Kier alpha value is -1.62. The number of aromatic nitrogens is 4. The van der Waals surface area contributed by atoms with E-state index in [2.05, 4.69) is 27.2 Å².